The summed E-state index contributed by atoms with van der Waals surface area (Å²) in [5.74, 6) is 0. The number of hydrogen-bond donors (Lipinski definition) is 1. The summed E-state index contributed by atoms with van der Waals surface area (Å²) in [7, 11) is 0. The lowest BCUT2D eigenvalue weighted by Gasteiger charge is -2.12. The van der Waals surface area contributed by atoms with E-state index in [9.17, 15) is 4.79 Å². The summed E-state index contributed by atoms with van der Waals surface area (Å²) in [6.45, 7) is 5.45. The maximum Gasteiger partial charge on any atom is 0.411 e. The number of amides is 1. The third-order valence-electron chi connectivity index (χ3n) is 1.79. The zero-order valence-corrected chi connectivity index (χ0v) is 9.76. The number of benzene rings is 1. The molecule has 82 valence electrons. The number of anilines is 1. The van der Waals surface area contributed by atoms with Crippen molar-refractivity contribution in [3.63, 3.8) is 0 Å². The van der Waals surface area contributed by atoms with E-state index in [0.717, 1.165) is 5.56 Å². The quantitative estimate of drug-likeness (QED) is 0.838. The van der Waals surface area contributed by atoms with Crippen molar-refractivity contribution in [2.75, 3.05) is 5.32 Å². The van der Waals surface area contributed by atoms with Crippen LogP contribution in [-0.4, -0.2) is 12.2 Å². The number of ether oxygens (including phenoxy) is 1. The molecule has 0 radical (unpaired) electrons. The molecule has 0 bridgehead atoms. The molecular weight excluding hydrogens is 214 g/mol. The highest BCUT2D eigenvalue weighted by atomic mass is 35.5. The third kappa shape index (κ3) is 3.44. The number of halogens is 1. The molecule has 1 amide bonds. The first-order valence-corrected chi connectivity index (χ1v) is 5.11. The van der Waals surface area contributed by atoms with Crippen molar-refractivity contribution in [3.8, 4) is 0 Å². The number of hydrogen-bond acceptors (Lipinski definition) is 2. The average molecular weight is 228 g/mol. The second kappa shape index (κ2) is 5.03. The molecule has 1 aromatic rings. The molecule has 4 heteroatoms. The molecular formula is C11H14ClNO2. The van der Waals surface area contributed by atoms with E-state index in [-0.39, 0.29) is 6.10 Å². The summed E-state index contributed by atoms with van der Waals surface area (Å²) in [5.41, 5.74) is 1.51. The Balaban J connectivity index is 2.76. The fourth-order valence-electron chi connectivity index (χ4n) is 1.14. The van der Waals surface area contributed by atoms with Gasteiger partial charge in [0.2, 0.25) is 0 Å². The molecule has 0 saturated carbocycles. The molecule has 0 heterocycles. The summed E-state index contributed by atoms with van der Waals surface area (Å²) in [5, 5.41) is 3.13. The number of aryl methyl sites for hydroxylation is 1. The van der Waals surface area contributed by atoms with E-state index in [1.807, 2.05) is 19.1 Å². The van der Waals surface area contributed by atoms with Crippen LogP contribution in [0.15, 0.2) is 18.2 Å². The van der Waals surface area contributed by atoms with Crippen molar-refractivity contribution in [2.45, 2.75) is 26.9 Å². The summed E-state index contributed by atoms with van der Waals surface area (Å²) in [6.07, 6.45) is -0.631. The zero-order chi connectivity index (χ0) is 11.4. The molecule has 0 unspecified atom stereocenters. The van der Waals surface area contributed by atoms with Gasteiger partial charge in [0.05, 0.1) is 16.8 Å². The first kappa shape index (κ1) is 11.9. The van der Waals surface area contributed by atoms with Crippen molar-refractivity contribution in [2.24, 2.45) is 0 Å². The molecule has 1 rings (SSSR count). The Morgan fingerprint density at radius 2 is 2.13 bits per heavy atom. The lowest BCUT2D eigenvalue weighted by Crippen LogP contribution is -2.18. The molecule has 0 aromatic heterocycles. The summed E-state index contributed by atoms with van der Waals surface area (Å²) < 4.78 is 4.96. The number of para-hydroxylation sites is 1. The van der Waals surface area contributed by atoms with Gasteiger partial charge in [0.15, 0.2) is 0 Å². The molecule has 3 nitrogen and oxygen atoms in total. The summed E-state index contributed by atoms with van der Waals surface area (Å²) in [4.78, 5) is 11.3. The van der Waals surface area contributed by atoms with Crippen LogP contribution in [0, 0.1) is 6.92 Å². The Kier molecular flexibility index (Phi) is 3.97. The van der Waals surface area contributed by atoms with Crippen LogP contribution in [0.25, 0.3) is 0 Å². The summed E-state index contributed by atoms with van der Waals surface area (Å²) in [6, 6.07) is 5.42. The normalized spacial score (nSPS) is 10.2. The maximum atomic E-state index is 11.3. The van der Waals surface area contributed by atoms with Gasteiger partial charge in [-0.15, -0.1) is 0 Å². The van der Waals surface area contributed by atoms with Crippen molar-refractivity contribution in [3.05, 3.63) is 28.8 Å². The average Bonchev–Trinajstić information content (AvgIpc) is 2.10. The van der Waals surface area contributed by atoms with Crippen LogP contribution < -0.4 is 5.32 Å². The minimum absolute atomic E-state index is 0.146. The Labute approximate surface area is 94.4 Å². The molecule has 0 spiro atoms. The third-order valence-corrected chi connectivity index (χ3v) is 2.11. The Bertz CT molecular complexity index is 343. The van der Waals surface area contributed by atoms with Crippen LogP contribution >= 0.6 is 11.6 Å². The van der Waals surface area contributed by atoms with Gasteiger partial charge < -0.3 is 4.74 Å². The van der Waals surface area contributed by atoms with Crippen LogP contribution in [0.2, 0.25) is 5.02 Å². The molecule has 15 heavy (non-hydrogen) atoms. The second-order valence-electron chi connectivity index (χ2n) is 3.51. The molecule has 0 atom stereocenters. The van der Waals surface area contributed by atoms with Crippen molar-refractivity contribution < 1.29 is 9.53 Å². The highest BCUT2D eigenvalue weighted by Gasteiger charge is 2.09. The molecule has 1 aromatic carbocycles. The van der Waals surface area contributed by atoms with Crippen LogP contribution in [0.5, 0.6) is 0 Å². The van der Waals surface area contributed by atoms with Crippen LogP contribution in [0.3, 0.4) is 0 Å². The Morgan fingerprint density at radius 1 is 1.47 bits per heavy atom. The molecule has 1 N–H and O–H groups in total. The molecule has 0 aliphatic heterocycles. The number of carbonyl (C=O) groups is 1. The van der Waals surface area contributed by atoms with Gasteiger partial charge in [-0.3, -0.25) is 5.32 Å². The SMILES string of the molecule is Cc1cccc(Cl)c1NC(=O)OC(C)C. The summed E-state index contributed by atoms with van der Waals surface area (Å²) >= 11 is 5.94. The minimum Gasteiger partial charge on any atom is -0.447 e. The monoisotopic (exact) mass is 227 g/mol. The van der Waals surface area contributed by atoms with Gasteiger partial charge in [0, 0.05) is 0 Å². The van der Waals surface area contributed by atoms with Crippen LogP contribution in [-0.2, 0) is 4.74 Å². The van der Waals surface area contributed by atoms with Gasteiger partial charge in [-0.05, 0) is 32.4 Å². The highest BCUT2D eigenvalue weighted by molar-refractivity contribution is 6.33. The zero-order valence-electron chi connectivity index (χ0n) is 9.00. The first-order valence-electron chi connectivity index (χ1n) is 4.73. The van der Waals surface area contributed by atoms with Crippen molar-refractivity contribution in [1.29, 1.82) is 0 Å². The van der Waals surface area contributed by atoms with E-state index in [2.05, 4.69) is 5.32 Å². The van der Waals surface area contributed by atoms with E-state index < -0.39 is 6.09 Å². The lowest BCUT2D eigenvalue weighted by molar-refractivity contribution is 0.130. The van der Waals surface area contributed by atoms with E-state index in [1.165, 1.54) is 0 Å². The first-order chi connectivity index (χ1) is 7.00. The van der Waals surface area contributed by atoms with E-state index >= 15 is 0 Å². The second-order valence-corrected chi connectivity index (χ2v) is 3.92. The largest absolute Gasteiger partial charge is 0.447 e. The predicted octanol–water partition coefficient (Wildman–Crippen LogP) is 3.61. The Morgan fingerprint density at radius 3 is 2.67 bits per heavy atom. The fraction of sp³-hybridized carbons (Fsp3) is 0.364. The highest BCUT2D eigenvalue weighted by Crippen LogP contribution is 2.25. The standard InChI is InChI=1S/C11H14ClNO2/c1-7(2)15-11(14)13-10-8(3)5-4-6-9(10)12/h4-7H,1-3H3,(H,13,14). The fourth-order valence-corrected chi connectivity index (χ4v) is 1.40. The van der Waals surface area contributed by atoms with Gasteiger partial charge in [-0.25, -0.2) is 4.79 Å². The Hall–Kier alpha value is -1.22. The van der Waals surface area contributed by atoms with Gasteiger partial charge in [-0.1, -0.05) is 23.7 Å². The van der Waals surface area contributed by atoms with E-state index in [0.29, 0.717) is 10.7 Å². The van der Waals surface area contributed by atoms with Gasteiger partial charge in [0.1, 0.15) is 0 Å². The molecule has 0 fully saturated rings. The van der Waals surface area contributed by atoms with E-state index in [1.54, 1.807) is 19.9 Å². The lowest BCUT2D eigenvalue weighted by atomic mass is 10.2. The van der Waals surface area contributed by atoms with Crippen molar-refractivity contribution in [1.82, 2.24) is 0 Å². The minimum atomic E-state index is -0.485. The molecule has 0 aliphatic carbocycles. The number of carbonyl (C=O) groups excluding carboxylic acids is 1. The topological polar surface area (TPSA) is 38.3 Å². The van der Waals surface area contributed by atoms with E-state index in [4.69, 9.17) is 16.3 Å². The number of nitrogens with one attached hydrogen (secondary N) is 1. The van der Waals surface area contributed by atoms with Gasteiger partial charge >= 0.3 is 6.09 Å². The van der Waals surface area contributed by atoms with Crippen LogP contribution in [0.4, 0.5) is 10.5 Å². The van der Waals surface area contributed by atoms with Gasteiger partial charge in [-0.2, -0.15) is 0 Å². The number of rotatable bonds is 2. The van der Waals surface area contributed by atoms with Crippen molar-refractivity contribution >= 4 is 23.4 Å². The maximum absolute atomic E-state index is 11.3. The smallest absolute Gasteiger partial charge is 0.411 e. The van der Waals surface area contributed by atoms with Gasteiger partial charge in [0.25, 0.3) is 0 Å². The molecule has 0 saturated heterocycles. The predicted molar refractivity (Wildman–Crippen MR) is 61.4 cm³/mol. The van der Waals surface area contributed by atoms with Crippen LogP contribution in [0.1, 0.15) is 19.4 Å². The molecule has 0 aliphatic rings.